The van der Waals surface area contributed by atoms with Gasteiger partial charge in [0.2, 0.25) is 5.88 Å². The van der Waals surface area contributed by atoms with Crippen molar-refractivity contribution in [3.63, 3.8) is 0 Å². The second-order valence-electron chi connectivity index (χ2n) is 4.80. The van der Waals surface area contributed by atoms with Gasteiger partial charge in [-0.2, -0.15) is 0 Å². The van der Waals surface area contributed by atoms with E-state index in [0.29, 0.717) is 5.88 Å². The number of hydrogen-bond acceptors (Lipinski definition) is 3. The van der Waals surface area contributed by atoms with Crippen molar-refractivity contribution in [3.05, 3.63) is 71.8 Å². The zero-order chi connectivity index (χ0) is 13.8. The van der Waals surface area contributed by atoms with Gasteiger partial charge in [0.15, 0.2) is 0 Å². The maximum Gasteiger partial charge on any atom is 0.222 e. The van der Waals surface area contributed by atoms with Gasteiger partial charge in [-0.1, -0.05) is 59.8 Å². The van der Waals surface area contributed by atoms with Crippen LogP contribution in [0.2, 0.25) is 0 Å². The molecule has 2 N–H and O–H groups in total. The van der Waals surface area contributed by atoms with Crippen molar-refractivity contribution in [1.29, 1.82) is 0 Å². The highest BCUT2D eigenvalue weighted by atomic mass is 16.5. The number of aryl methyl sites for hydroxylation is 2. The van der Waals surface area contributed by atoms with E-state index in [1.807, 2.05) is 6.07 Å². The minimum atomic E-state index is 0.341. The van der Waals surface area contributed by atoms with Gasteiger partial charge >= 0.3 is 0 Å². The molecule has 0 bridgehead atoms. The summed E-state index contributed by atoms with van der Waals surface area (Å²) in [6.07, 6.45) is 2.09. The number of nitrogen functional groups attached to an aromatic ring is 1. The van der Waals surface area contributed by atoms with Crippen LogP contribution in [0, 0.1) is 0 Å². The van der Waals surface area contributed by atoms with Crippen LogP contribution in [0.15, 0.2) is 65.2 Å². The van der Waals surface area contributed by atoms with Crippen LogP contribution in [0.5, 0.6) is 0 Å². The Morgan fingerprint density at radius 3 is 2.10 bits per heavy atom. The molecular formula is C17H16N2O. The summed E-state index contributed by atoms with van der Waals surface area (Å²) in [6, 6.07) is 20.6. The van der Waals surface area contributed by atoms with E-state index in [1.165, 1.54) is 11.1 Å². The lowest BCUT2D eigenvalue weighted by atomic mass is 10.0. The van der Waals surface area contributed by atoms with E-state index in [2.05, 4.69) is 53.7 Å². The number of hydrogen-bond donors (Lipinski definition) is 1. The number of nitrogens with zero attached hydrogens (tertiary/aromatic N) is 1. The monoisotopic (exact) mass is 264 g/mol. The van der Waals surface area contributed by atoms with Gasteiger partial charge < -0.3 is 10.3 Å². The van der Waals surface area contributed by atoms with Gasteiger partial charge in [-0.05, 0) is 24.0 Å². The molecule has 3 aromatic rings. The number of benzene rings is 2. The normalized spacial score (nSPS) is 10.6. The molecule has 3 heteroatoms. The van der Waals surface area contributed by atoms with Gasteiger partial charge in [0, 0.05) is 11.6 Å². The predicted octanol–water partition coefficient (Wildman–Crippen LogP) is 3.71. The summed E-state index contributed by atoms with van der Waals surface area (Å²) in [5.74, 6) is 0.341. The lowest BCUT2D eigenvalue weighted by molar-refractivity contribution is 0.439. The highest BCUT2D eigenvalue weighted by molar-refractivity contribution is 5.61. The first-order valence-electron chi connectivity index (χ1n) is 6.67. The topological polar surface area (TPSA) is 52.0 Å². The van der Waals surface area contributed by atoms with Crippen LogP contribution in [0.1, 0.15) is 11.1 Å². The van der Waals surface area contributed by atoms with E-state index in [-0.39, 0.29) is 0 Å². The van der Waals surface area contributed by atoms with Gasteiger partial charge in [-0.15, -0.1) is 0 Å². The van der Waals surface area contributed by atoms with Crippen molar-refractivity contribution in [1.82, 2.24) is 5.16 Å². The molecule has 0 saturated heterocycles. The third-order valence-corrected chi connectivity index (χ3v) is 3.32. The zero-order valence-electron chi connectivity index (χ0n) is 11.1. The van der Waals surface area contributed by atoms with Crippen molar-refractivity contribution in [2.24, 2.45) is 0 Å². The van der Waals surface area contributed by atoms with Gasteiger partial charge in [-0.25, -0.2) is 0 Å². The second-order valence-corrected chi connectivity index (χ2v) is 4.80. The predicted molar refractivity (Wildman–Crippen MR) is 80.2 cm³/mol. The first-order chi connectivity index (χ1) is 9.81. The average molecular weight is 264 g/mol. The molecule has 0 saturated carbocycles. The maximum atomic E-state index is 5.53. The molecule has 3 rings (SSSR count). The van der Waals surface area contributed by atoms with Crippen molar-refractivity contribution in [3.8, 4) is 11.3 Å². The lowest BCUT2D eigenvalue weighted by Crippen LogP contribution is -1.91. The van der Waals surface area contributed by atoms with Crippen molar-refractivity contribution < 1.29 is 4.52 Å². The number of rotatable bonds is 4. The summed E-state index contributed by atoms with van der Waals surface area (Å²) < 4.78 is 4.88. The van der Waals surface area contributed by atoms with Crippen LogP contribution in [-0.4, -0.2) is 5.16 Å². The Balaban J connectivity index is 1.67. The number of aromatic nitrogens is 1. The summed E-state index contributed by atoms with van der Waals surface area (Å²) in [6.45, 7) is 0. The van der Waals surface area contributed by atoms with E-state index in [1.54, 1.807) is 6.07 Å². The quantitative estimate of drug-likeness (QED) is 0.781. The van der Waals surface area contributed by atoms with Crippen LogP contribution in [-0.2, 0) is 12.8 Å². The first-order valence-corrected chi connectivity index (χ1v) is 6.67. The largest absolute Gasteiger partial charge is 0.368 e. The first kappa shape index (κ1) is 12.5. The Labute approximate surface area is 118 Å². The van der Waals surface area contributed by atoms with E-state index in [4.69, 9.17) is 10.3 Å². The van der Waals surface area contributed by atoms with Gasteiger partial charge in [0.1, 0.15) is 5.69 Å². The van der Waals surface area contributed by atoms with Crippen molar-refractivity contribution in [2.45, 2.75) is 12.8 Å². The van der Waals surface area contributed by atoms with Crippen LogP contribution < -0.4 is 5.73 Å². The molecule has 0 unspecified atom stereocenters. The molecular weight excluding hydrogens is 248 g/mol. The molecule has 0 atom stereocenters. The molecule has 0 radical (unpaired) electrons. The molecule has 0 aliphatic rings. The standard InChI is InChI=1S/C17H16N2O/c18-17-12-16(19-20-17)15-10-8-14(9-11-15)7-6-13-4-2-1-3-5-13/h1-5,8-12H,6-7,18H2. The summed E-state index contributed by atoms with van der Waals surface area (Å²) in [4.78, 5) is 0. The number of anilines is 1. The molecule has 2 aromatic carbocycles. The lowest BCUT2D eigenvalue weighted by Gasteiger charge is -2.03. The fourth-order valence-electron chi connectivity index (χ4n) is 2.20. The Morgan fingerprint density at radius 1 is 0.850 bits per heavy atom. The fourth-order valence-corrected chi connectivity index (χ4v) is 2.20. The summed E-state index contributed by atoms with van der Waals surface area (Å²) in [5.41, 5.74) is 10.0. The van der Waals surface area contributed by atoms with E-state index < -0.39 is 0 Å². The second kappa shape index (κ2) is 5.61. The third-order valence-electron chi connectivity index (χ3n) is 3.32. The molecule has 3 nitrogen and oxygen atoms in total. The molecule has 0 amide bonds. The van der Waals surface area contributed by atoms with Crippen LogP contribution in [0.4, 0.5) is 5.88 Å². The highest BCUT2D eigenvalue weighted by Crippen LogP contribution is 2.21. The van der Waals surface area contributed by atoms with E-state index >= 15 is 0 Å². The van der Waals surface area contributed by atoms with E-state index in [0.717, 1.165) is 24.1 Å². The van der Waals surface area contributed by atoms with Crippen LogP contribution in [0.3, 0.4) is 0 Å². The summed E-state index contributed by atoms with van der Waals surface area (Å²) in [7, 11) is 0. The molecule has 0 fully saturated rings. The van der Waals surface area contributed by atoms with Gasteiger partial charge in [0.05, 0.1) is 0 Å². The molecule has 0 aliphatic heterocycles. The van der Waals surface area contributed by atoms with Crippen LogP contribution >= 0.6 is 0 Å². The zero-order valence-corrected chi connectivity index (χ0v) is 11.1. The van der Waals surface area contributed by atoms with Gasteiger partial charge in [-0.3, -0.25) is 0 Å². The summed E-state index contributed by atoms with van der Waals surface area (Å²) >= 11 is 0. The maximum absolute atomic E-state index is 5.53. The smallest absolute Gasteiger partial charge is 0.222 e. The Morgan fingerprint density at radius 2 is 1.50 bits per heavy atom. The minimum Gasteiger partial charge on any atom is -0.368 e. The molecule has 100 valence electrons. The van der Waals surface area contributed by atoms with Gasteiger partial charge in [0.25, 0.3) is 0 Å². The minimum absolute atomic E-state index is 0.341. The van der Waals surface area contributed by atoms with Crippen molar-refractivity contribution in [2.75, 3.05) is 5.73 Å². The Hall–Kier alpha value is -2.55. The van der Waals surface area contributed by atoms with E-state index in [9.17, 15) is 0 Å². The molecule has 0 spiro atoms. The molecule has 0 aliphatic carbocycles. The Kier molecular flexibility index (Phi) is 3.50. The van der Waals surface area contributed by atoms with Crippen molar-refractivity contribution >= 4 is 5.88 Å². The molecule has 1 aromatic heterocycles. The highest BCUT2D eigenvalue weighted by Gasteiger charge is 2.04. The SMILES string of the molecule is Nc1cc(-c2ccc(CCc3ccccc3)cc2)no1. The molecule has 20 heavy (non-hydrogen) atoms. The average Bonchev–Trinajstić information content (AvgIpc) is 2.93. The van der Waals surface area contributed by atoms with Crippen LogP contribution in [0.25, 0.3) is 11.3 Å². The molecule has 1 heterocycles. The Bertz CT molecular complexity index is 672. The fraction of sp³-hybridized carbons (Fsp3) is 0.118. The summed E-state index contributed by atoms with van der Waals surface area (Å²) in [5, 5.41) is 3.91. The number of nitrogens with two attached hydrogens (primary N) is 1. The third kappa shape index (κ3) is 2.88.